The predicted octanol–water partition coefficient (Wildman–Crippen LogP) is 2.20. The number of rotatable bonds is 1. The molecule has 0 spiro atoms. The molecule has 0 aliphatic heterocycles. The Kier molecular flexibility index (Phi) is 3.20. The van der Waals surface area contributed by atoms with Crippen LogP contribution in [0.2, 0.25) is 0 Å². The van der Waals surface area contributed by atoms with Crippen molar-refractivity contribution in [2.75, 3.05) is 6.61 Å². The van der Waals surface area contributed by atoms with Crippen molar-refractivity contribution in [2.24, 2.45) is 11.8 Å². The third kappa shape index (κ3) is 1.98. The molecule has 1 nitrogen and oxygen atoms in total. The van der Waals surface area contributed by atoms with Crippen LogP contribution in [0.4, 0.5) is 0 Å². The minimum Gasteiger partial charge on any atom is -0.396 e. The average molecular weight is 142 g/mol. The van der Waals surface area contributed by atoms with Gasteiger partial charge >= 0.3 is 0 Å². The van der Waals surface area contributed by atoms with E-state index in [1.165, 1.54) is 32.1 Å². The molecule has 1 fully saturated rings. The zero-order valence-electron chi connectivity index (χ0n) is 6.84. The third-order valence-electron chi connectivity index (χ3n) is 2.77. The summed E-state index contributed by atoms with van der Waals surface area (Å²) in [6, 6.07) is 0. The largest absolute Gasteiger partial charge is 0.396 e. The first kappa shape index (κ1) is 8.06. The number of hydrogen-bond donors (Lipinski definition) is 1. The minimum atomic E-state index is 0.404. The summed E-state index contributed by atoms with van der Waals surface area (Å²) in [7, 11) is 0. The Labute approximate surface area is 63.4 Å². The van der Waals surface area contributed by atoms with E-state index in [0.717, 1.165) is 5.92 Å². The fraction of sp³-hybridized carbons (Fsp3) is 1.00. The van der Waals surface area contributed by atoms with Crippen LogP contribution in [-0.2, 0) is 0 Å². The van der Waals surface area contributed by atoms with Crippen molar-refractivity contribution >= 4 is 0 Å². The van der Waals surface area contributed by atoms with E-state index in [0.29, 0.717) is 12.5 Å². The van der Waals surface area contributed by atoms with Crippen LogP contribution in [0.25, 0.3) is 0 Å². The number of aliphatic hydroxyl groups excluding tert-OH is 1. The summed E-state index contributed by atoms with van der Waals surface area (Å²) in [5, 5.41) is 8.99. The van der Waals surface area contributed by atoms with Gasteiger partial charge in [0.15, 0.2) is 0 Å². The van der Waals surface area contributed by atoms with Gasteiger partial charge in [0.25, 0.3) is 0 Å². The lowest BCUT2D eigenvalue weighted by atomic mass is 9.90. The van der Waals surface area contributed by atoms with Gasteiger partial charge in [-0.05, 0) is 18.3 Å². The lowest BCUT2D eigenvalue weighted by molar-refractivity contribution is 0.175. The normalized spacial score (nSPS) is 35.4. The van der Waals surface area contributed by atoms with Gasteiger partial charge in [0.05, 0.1) is 0 Å². The molecule has 0 bridgehead atoms. The lowest BCUT2D eigenvalue weighted by Gasteiger charge is -2.17. The monoisotopic (exact) mass is 142 g/mol. The Bertz CT molecular complexity index is 90.7. The topological polar surface area (TPSA) is 20.2 Å². The molecule has 1 heteroatoms. The fourth-order valence-electron chi connectivity index (χ4n) is 1.84. The molecule has 0 radical (unpaired) electrons. The standard InChI is InChI=1S/C9H18O/c1-8-5-3-2-4-6-9(8)7-10/h8-10H,2-7H2,1H3/t8-,9-/m1/s1. The third-order valence-corrected chi connectivity index (χ3v) is 2.77. The van der Waals surface area contributed by atoms with Crippen molar-refractivity contribution in [1.82, 2.24) is 0 Å². The van der Waals surface area contributed by atoms with Crippen molar-refractivity contribution in [1.29, 1.82) is 0 Å². The second-order valence-corrected chi connectivity index (χ2v) is 3.56. The Balaban J connectivity index is 2.35. The molecule has 0 saturated heterocycles. The van der Waals surface area contributed by atoms with Crippen LogP contribution in [0, 0.1) is 11.8 Å². The van der Waals surface area contributed by atoms with Gasteiger partial charge in [-0.15, -0.1) is 0 Å². The Hall–Kier alpha value is -0.0400. The summed E-state index contributed by atoms with van der Waals surface area (Å²) in [5.41, 5.74) is 0. The first-order valence-electron chi connectivity index (χ1n) is 4.45. The lowest BCUT2D eigenvalue weighted by Crippen LogP contribution is -2.13. The van der Waals surface area contributed by atoms with E-state index < -0.39 is 0 Å². The zero-order chi connectivity index (χ0) is 7.40. The van der Waals surface area contributed by atoms with Crippen LogP contribution in [-0.4, -0.2) is 11.7 Å². The van der Waals surface area contributed by atoms with Gasteiger partial charge in [0.1, 0.15) is 0 Å². The van der Waals surface area contributed by atoms with Crippen LogP contribution in [0.5, 0.6) is 0 Å². The molecule has 0 heterocycles. The molecule has 60 valence electrons. The molecule has 0 aromatic rings. The van der Waals surface area contributed by atoms with Gasteiger partial charge in [-0.1, -0.05) is 32.6 Å². The van der Waals surface area contributed by atoms with Crippen LogP contribution in [0.3, 0.4) is 0 Å². The highest BCUT2D eigenvalue weighted by molar-refractivity contribution is 4.69. The molecule has 1 saturated carbocycles. The van der Waals surface area contributed by atoms with Gasteiger partial charge in [0, 0.05) is 6.61 Å². The minimum absolute atomic E-state index is 0.404. The molecule has 2 atom stereocenters. The summed E-state index contributed by atoms with van der Waals surface area (Å²) in [5.74, 6) is 1.36. The van der Waals surface area contributed by atoms with Gasteiger partial charge in [-0.2, -0.15) is 0 Å². The van der Waals surface area contributed by atoms with Gasteiger partial charge < -0.3 is 5.11 Å². The first-order valence-corrected chi connectivity index (χ1v) is 4.45. The molecule has 10 heavy (non-hydrogen) atoms. The van der Waals surface area contributed by atoms with Gasteiger partial charge in [-0.3, -0.25) is 0 Å². The maximum atomic E-state index is 8.99. The molecular weight excluding hydrogens is 124 g/mol. The van der Waals surface area contributed by atoms with Gasteiger partial charge in [0.2, 0.25) is 0 Å². The molecule has 0 aromatic carbocycles. The second-order valence-electron chi connectivity index (χ2n) is 3.56. The van der Waals surface area contributed by atoms with Crippen LogP contribution >= 0.6 is 0 Å². The number of aliphatic hydroxyl groups is 1. The van der Waals surface area contributed by atoms with E-state index in [4.69, 9.17) is 5.11 Å². The highest BCUT2D eigenvalue weighted by Gasteiger charge is 2.18. The van der Waals surface area contributed by atoms with Crippen molar-refractivity contribution in [3.63, 3.8) is 0 Å². The zero-order valence-corrected chi connectivity index (χ0v) is 6.84. The quantitative estimate of drug-likeness (QED) is 0.556. The second kappa shape index (κ2) is 3.97. The summed E-state index contributed by atoms with van der Waals surface area (Å²) >= 11 is 0. The van der Waals surface area contributed by atoms with Gasteiger partial charge in [-0.25, -0.2) is 0 Å². The smallest absolute Gasteiger partial charge is 0.0461 e. The van der Waals surface area contributed by atoms with E-state index in [9.17, 15) is 0 Å². The van der Waals surface area contributed by atoms with Crippen molar-refractivity contribution in [3.8, 4) is 0 Å². The summed E-state index contributed by atoms with van der Waals surface area (Å²) < 4.78 is 0. The van der Waals surface area contributed by atoms with Crippen molar-refractivity contribution < 1.29 is 5.11 Å². The van der Waals surface area contributed by atoms with Crippen LogP contribution < -0.4 is 0 Å². The average Bonchev–Trinajstić information content (AvgIpc) is 2.13. The van der Waals surface area contributed by atoms with E-state index in [2.05, 4.69) is 6.92 Å². The fourth-order valence-corrected chi connectivity index (χ4v) is 1.84. The molecule has 1 aliphatic carbocycles. The van der Waals surface area contributed by atoms with Crippen molar-refractivity contribution in [2.45, 2.75) is 39.0 Å². The maximum Gasteiger partial charge on any atom is 0.0461 e. The Morgan fingerprint density at radius 3 is 2.60 bits per heavy atom. The molecule has 1 aliphatic rings. The molecule has 0 unspecified atom stereocenters. The van der Waals surface area contributed by atoms with E-state index in [1.807, 2.05) is 0 Å². The number of hydrogen-bond acceptors (Lipinski definition) is 1. The van der Waals surface area contributed by atoms with E-state index in [-0.39, 0.29) is 0 Å². The maximum absolute atomic E-state index is 8.99. The molecule has 1 N–H and O–H groups in total. The highest BCUT2D eigenvalue weighted by atomic mass is 16.3. The Morgan fingerprint density at radius 2 is 1.90 bits per heavy atom. The van der Waals surface area contributed by atoms with E-state index >= 15 is 0 Å². The van der Waals surface area contributed by atoms with Crippen LogP contribution in [0.1, 0.15) is 39.0 Å². The van der Waals surface area contributed by atoms with Crippen LogP contribution in [0.15, 0.2) is 0 Å². The predicted molar refractivity (Wildman–Crippen MR) is 42.8 cm³/mol. The first-order chi connectivity index (χ1) is 4.84. The summed E-state index contributed by atoms with van der Waals surface area (Å²) in [6.07, 6.45) is 6.65. The molecule has 1 rings (SSSR count). The molecule has 0 aromatic heterocycles. The highest BCUT2D eigenvalue weighted by Crippen LogP contribution is 2.27. The SMILES string of the molecule is C[C@@H]1CCCCC[C@@H]1CO. The Morgan fingerprint density at radius 1 is 1.20 bits per heavy atom. The molecule has 0 amide bonds. The van der Waals surface area contributed by atoms with E-state index in [1.54, 1.807) is 0 Å². The van der Waals surface area contributed by atoms with Crippen molar-refractivity contribution in [3.05, 3.63) is 0 Å². The summed E-state index contributed by atoms with van der Waals surface area (Å²) in [4.78, 5) is 0. The summed E-state index contributed by atoms with van der Waals surface area (Å²) in [6.45, 7) is 2.67. The molecular formula is C9H18O.